The van der Waals surface area contributed by atoms with Crippen molar-refractivity contribution in [1.29, 1.82) is 0 Å². The first-order valence-electron chi connectivity index (χ1n) is 8.80. The maximum absolute atomic E-state index is 2.62. The lowest BCUT2D eigenvalue weighted by atomic mass is 9.55. The Bertz CT molecular complexity index is 530. The quantitative estimate of drug-likeness (QED) is 0.523. The van der Waals surface area contributed by atoms with Crippen LogP contribution in [0.3, 0.4) is 0 Å². The van der Waals surface area contributed by atoms with Gasteiger partial charge in [0.25, 0.3) is 0 Å². The fourth-order valence-electron chi connectivity index (χ4n) is 6.02. The molecule has 3 saturated carbocycles. The maximum Gasteiger partial charge on any atom is 0.00680 e. The molecule has 0 bridgehead atoms. The minimum Gasteiger partial charge on any atom is -0.0805 e. The molecule has 20 heavy (non-hydrogen) atoms. The first-order valence-corrected chi connectivity index (χ1v) is 8.80. The van der Waals surface area contributed by atoms with Crippen LogP contribution in [0.25, 0.3) is 0 Å². The van der Waals surface area contributed by atoms with Gasteiger partial charge in [0.1, 0.15) is 0 Å². The summed E-state index contributed by atoms with van der Waals surface area (Å²) >= 11 is 0. The lowest BCUT2D eigenvalue weighted by molar-refractivity contribution is 0.0507. The van der Waals surface area contributed by atoms with Crippen LogP contribution in [0.2, 0.25) is 0 Å². The molecule has 1 spiro atoms. The zero-order valence-corrected chi connectivity index (χ0v) is 12.6. The molecule has 5 rings (SSSR count). The Morgan fingerprint density at radius 3 is 2.80 bits per heavy atom. The van der Waals surface area contributed by atoms with E-state index in [9.17, 15) is 0 Å². The van der Waals surface area contributed by atoms with Crippen molar-refractivity contribution >= 4 is 0 Å². The molecular formula is C20H26. The fourth-order valence-corrected chi connectivity index (χ4v) is 6.02. The second-order valence-electron chi connectivity index (χ2n) is 8.55. The van der Waals surface area contributed by atoms with E-state index in [0.29, 0.717) is 10.8 Å². The lowest BCUT2D eigenvalue weighted by Gasteiger charge is -2.50. The van der Waals surface area contributed by atoms with Gasteiger partial charge in [0.2, 0.25) is 0 Å². The molecule has 106 valence electrons. The van der Waals surface area contributed by atoms with Crippen molar-refractivity contribution in [1.82, 2.24) is 0 Å². The van der Waals surface area contributed by atoms with Gasteiger partial charge in [-0.2, -0.15) is 0 Å². The van der Waals surface area contributed by atoms with Crippen LogP contribution in [0, 0.1) is 34.5 Å². The number of fused-ring (bicyclic) bond motifs is 5. The van der Waals surface area contributed by atoms with Gasteiger partial charge in [-0.25, -0.2) is 0 Å². The second kappa shape index (κ2) is 3.70. The van der Waals surface area contributed by atoms with E-state index in [2.05, 4.69) is 37.3 Å². The predicted molar refractivity (Wildman–Crippen MR) is 83.2 cm³/mol. The molecule has 0 aromatic heterocycles. The lowest BCUT2D eigenvalue weighted by Crippen LogP contribution is -2.42. The second-order valence-corrected chi connectivity index (χ2v) is 8.55. The van der Waals surface area contributed by atoms with Gasteiger partial charge in [0, 0.05) is 11.3 Å². The van der Waals surface area contributed by atoms with Crippen LogP contribution in [-0.2, 0) is 0 Å². The Morgan fingerprint density at radius 1 is 1.05 bits per heavy atom. The molecule has 0 heterocycles. The Balaban J connectivity index is 1.53. The Kier molecular flexibility index (Phi) is 2.19. The van der Waals surface area contributed by atoms with E-state index in [1.807, 2.05) is 0 Å². The first kappa shape index (κ1) is 11.8. The highest BCUT2D eigenvalue weighted by Crippen LogP contribution is 2.61. The van der Waals surface area contributed by atoms with Crippen molar-refractivity contribution < 1.29 is 0 Å². The monoisotopic (exact) mass is 266 g/mol. The predicted octanol–water partition coefficient (Wildman–Crippen LogP) is 5.28. The van der Waals surface area contributed by atoms with Gasteiger partial charge >= 0.3 is 0 Å². The van der Waals surface area contributed by atoms with Crippen molar-refractivity contribution in [2.24, 2.45) is 34.5 Å². The maximum atomic E-state index is 2.62. The van der Waals surface area contributed by atoms with Crippen LogP contribution in [-0.4, -0.2) is 0 Å². The molecule has 5 atom stereocenters. The molecule has 0 N–H and O–H groups in total. The van der Waals surface area contributed by atoms with Gasteiger partial charge in [-0.3, -0.25) is 0 Å². The van der Waals surface area contributed by atoms with E-state index in [1.165, 1.54) is 44.9 Å². The third-order valence-electron chi connectivity index (χ3n) is 7.44. The molecular weight excluding hydrogens is 240 g/mol. The van der Waals surface area contributed by atoms with E-state index in [-0.39, 0.29) is 0 Å². The van der Waals surface area contributed by atoms with Gasteiger partial charge < -0.3 is 0 Å². The summed E-state index contributed by atoms with van der Waals surface area (Å²) in [5, 5.41) is 0. The fraction of sp³-hybridized carbons (Fsp3) is 0.700. The standard InChI is InChI=1S/C20H26/c1-19-8-2-3-18(19)17-5-4-14-13-20(11-12-20)10-7-15(14)16(17)6-9-19/h4-5,7,10,13,15-18H,2-3,6,8-9,11-12H2,1H3/t15-,16+,17+,18-,19-/m0/s1. The van der Waals surface area contributed by atoms with Gasteiger partial charge in [-0.05, 0) is 67.3 Å². The summed E-state index contributed by atoms with van der Waals surface area (Å²) in [4.78, 5) is 0. The van der Waals surface area contributed by atoms with E-state index < -0.39 is 0 Å². The number of allylic oxidation sites excluding steroid dienone is 6. The largest absolute Gasteiger partial charge is 0.0805 e. The number of rotatable bonds is 0. The summed E-state index contributed by atoms with van der Waals surface area (Å²) in [6.45, 7) is 2.58. The summed E-state index contributed by atoms with van der Waals surface area (Å²) in [5.74, 6) is 3.51. The number of hydrogen-bond donors (Lipinski definition) is 0. The smallest absolute Gasteiger partial charge is 0.00680 e. The normalized spacial score (nSPS) is 50.4. The zero-order valence-electron chi connectivity index (χ0n) is 12.6. The molecule has 0 aromatic carbocycles. The average molecular weight is 266 g/mol. The van der Waals surface area contributed by atoms with Crippen LogP contribution in [0.5, 0.6) is 0 Å². The topological polar surface area (TPSA) is 0 Å². The van der Waals surface area contributed by atoms with Crippen molar-refractivity contribution in [2.75, 3.05) is 0 Å². The zero-order chi connectivity index (χ0) is 13.4. The van der Waals surface area contributed by atoms with Crippen molar-refractivity contribution in [3.05, 3.63) is 36.0 Å². The van der Waals surface area contributed by atoms with Gasteiger partial charge in [0.05, 0.1) is 0 Å². The molecule has 5 aliphatic rings. The summed E-state index contributed by atoms with van der Waals surface area (Å²) in [5.41, 5.74) is 2.83. The van der Waals surface area contributed by atoms with Gasteiger partial charge in [-0.1, -0.05) is 43.7 Å². The molecule has 3 fully saturated rings. The third-order valence-corrected chi connectivity index (χ3v) is 7.44. The summed E-state index contributed by atoms with van der Waals surface area (Å²) in [7, 11) is 0. The molecule has 5 aliphatic carbocycles. The van der Waals surface area contributed by atoms with Gasteiger partial charge in [-0.15, -0.1) is 0 Å². The minimum atomic E-state index is 0.500. The Morgan fingerprint density at radius 2 is 1.95 bits per heavy atom. The van der Waals surface area contributed by atoms with Crippen molar-refractivity contribution in [3.8, 4) is 0 Å². The van der Waals surface area contributed by atoms with Crippen LogP contribution >= 0.6 is 0 Å². The molecule has 0 aromatic rings. The molecule has 0 unspecified atom stereocenters. The SMILES string of the molecule is C[C@@]12CCC[C@H]1[C@@H]1C=CC3=CC4(C=C[C@@H]3[C@H]1CC2)CC4. The number of hydrogen-bond acceptors (Lipinski definition) is 0. The summed E-state index contributed by atoms with van der Waals surface area (Å²) in [6.07, 6.45) is 23.1. The molecule has 0 heteroatoms. The van der Waals surface area contributed by atoms with Crippen LogP contribution in [0.4, 0.5) is 0 Å². The highest BCUT2D eigenvalue weighted by atomic mass is 14.6. The minimum absolute atomic E-state index is 0.500. The van der Waals surface area contributed by atoms with E-state index in [0.717, 1.165) is 23.7 Å². The molecule has 0 amide bonds. The molecule has 0 radical (unpaired) electrons. The van der Waals surface area contributed by atoms with Gasteiger partial charge in [0.15, 0.2) is 0 Å². The van der Waals surface area contributed by atoms with E-state index in [4.69, 9.17) is 0 Å². The average Bonchev–Trinajstić information content (AvgIpc) is 3.07. The van der Waals surface area contributed by atoms with Crippen molar-refractivity contribution in [2.45, 2.75) is 51.9 Å². The Hall–Kier alpha value is -0.780. The van der Waals surface area contributed by atoms with Crippen LogP contribution < -0.4 is 0 Å². The molecule has 0 aliphatic heterocycles. The highest BCUT2D eigenvalue weighted by Gasteiger charge is 2.51. The van der Waals surface area contributed by atoms with E-state index >= 15 is 0 Å². The molecule has 0 nitrogen and oxygen atoms in total. The Labute approximate surface area is 123 Å². The van der Waals surface area contributed by atoms with Crippen LogP contribution in [0.1, 0.15) is 51.9 Å². The summed E-state index contributed by atoms with van der Waals surface area (Å²) < 4.78 is 0. The highest BCUT2D eigenvalue weighted by molar-refractivity contribution is 5.41. The van der Waals surface area contributed by atoms with Crippen LogP contribution in [0.15, 0.2) is 36.0 Å². The van der Waals surface area contributed by atoms with E-state index in [1.54, 1.807) is 5.57 Å². The molecule has 0 saturated heterocycles. The third kappa shape index (κ3) is 1.49. The summed E-state index contributed by atoms with van der Waals surface area (Å²) in [6, 6.07) is 0. The van der Waals surface area contributed by atoms with Crippen molar-refractivity contribution in [3.63, 3.8) is 0 Å². The first-order chi connectivity index (χ1) is 9.69.